The molecule has 0 radical (unpaired) electrons. The fraction of sp³-hybridized carbons (Fsp3) is 0.786. The highest BCUT2D eigenvalue weighted by Crippen LogP contribution is 2.23. The summed E-state index contributed by atoms with van der Waals surface area (Å²) in [6.07, 6.45) is 0.182. The van der Waals surface area contributed by atoms with Crippen molar-refractivity contribution in [3.63, 3.8) is 0 Å². The van der Waals surface area contributed by atoms with Gasteiger partial charge in [-0.15, -0.1) is 0 Å². The lowest BCUT2D eigenvalue weighted by Gasteiger charge is -2.23. The van der Waals surface area contributed by atoms with Crippen LogP contribution in [0.2, 0.25) is 0 Å². The summed E-state index contributed by atoms with van der Waals surface area (Å²) in [5.41, 5.74) is 5.39. The molecule has 22 heavy (non-hydrogen) atoms. The average molecular weight is 315 g/mol. The number of nitrogens with one attached hydrogen (secondary N) is 2. The third kappa shape index (κ3) is 5.27. The fourth-order valence-electron chi connectivity index (χ4n) is 2.03. The Labute approximate surface area is 129 Å². The molecule has 0 aromatic heterocycles. The standard InChI is InChI=1S/C14H25N3O5/c1-3-8(2)9(12(18)16-7-5-4-6-15)17-13(19)10-11(22-10)14(20)21/h8-11H,3-7,15H2,1-2H3,(H,16,18)(H,17,19)(H,20,21)/t8-,9-,10-,11-/m0/s1. The van der Waals surface area contributed by atoms with Crippen molar-refractivity contribution in [3.8, 4) is 0 Å². The lowest BCUT2D eigenvalue weighted by molar-refractivity contribution is -0.138. The molecule has 1 rings (SSSR count). The third-order valence-electron chi connectivity index (χ3n) is 3.72. The maximum atomic E-state index is 12.2. The first-order chi connectivity index (χ1) is 10.4. The van der Waals surface area contributed by atoms with Crippen LogP contribution >= 0.6 is 0 Å². The van der Waals surface area contributed by atoms with Gasteiger partial charge in [-0.3, -0.25) is 9.59 Å². The molecule has 1 aliphatic rings. The number of carboxylic acids is 1. The zero-order chi connectivity index (χ0) is 16.7. The van der Waals surface area contributed by atoms with E-state index in [1.54, 1.807) is 0 Å². The molecule has 5 N–H and O–H groups in total. The van der Waals surface area contributed by atoms with Crippen LogP contribution in [0.3, 0.4) is 0 Å². The Morgan fingerprint density at radius 2 is 1.95 bits per heavy atom. The molecule has 0 aliphatic carbocycles. The van der Waals surface area contributed by atoms with E-state index >= 15 is 0 Å². The van der Waals surface area contributed by atoms with Crippen molar-refractivity contribution < 1.29 is 24.2 Å². The van der Waals surface area contributed by atoms with Crippen LogP contribution < -0.4 is 16.4 Å². The van der Waals surface area contributed by atoms with E-state index in [0.29, 0.717) is 19.5 Å². The van der Waals surface area contributed by atoms with Crippen molar-refractivity contribution in [3.05, 3.63) is 0 Å². The van der Waals surface area contributed by atoms with Gasteiger partial charge in [0.15, 0.2) is 12.2 Å². The Morgan fingerprint density at radius 3 is 2.45 bits per heavy atom. The summed E-state index contributed by atoms with van der Waals surface area (Å²) < 4.78 is 4.79. The van der Waals surface area contributed by atoms with Crippen LogP contribution in [0.15, 0.2) is 0 Å². The molecule has 8 heteroatoms. The minimum Gasteiger partial charge on any atom is -0.479 e. The summed E-state index contributed by atoms with van der Waals surface area (Å²) in [7, 11) is 0. The second-order valence-corrected chi connectivity index (χ2v) is 5.47. The molecule has 1 aliphatic heterocycles. The number of rotatable bonds is 10. The molecule has 1 fully saturated rings. The van der Waals surface area contributed by atoms with E-state index in [9.17, 15) is 14.4 Å². The Kier molecular flexibility index (Phi) is 7.26. The van der Waals surface area contributed by atoms with E-state index in [4.69, 9.17) is 15.6 Å². The molecule has 0 aromatic rings. The van der Waals surface area contributed by atoms with Gasteiger partial charge in [0.05, 0.1) is 0 Å². The minimum atomic E-state index is -1.17. The summed E-state index contributed by atoms with van der Waals surface area (Å²) in [6.45, 7) is 4.83. The highest BCUT2D eigenvalue weighted by Gasteiger charge is 2.51. The molecule has 0 aromatic carbocycles. The van der Waals surface area contributed by atoms with E-state index in [1.807, 2.05) is 13.8 Å². The van der Waals surface area contributed by atoms with Gasteiger partial charge in [-0.25, -0.2) is 4.79 Å². The van der Waals surface area contributed by atoms with Gasteiger partial charge in [-0.2, -0.15) is 0 Å². The second kappa shape index (κ2) is 8.70. The molecule has 1 heterocycles. The summed E-state index contributed by atoms with van der Waals surface area (Å²) in [6, 6.07) is -0.700. The number of nitrogens with two attached hydrogens (primary N) is 1. The summed E-state index contributed by atoms with van der Waals surface area (Å²) in [5, 5.41) is 14.1. The maximum Gasteiger partial charge on any atom is 0.336 e. The molecule has 126 valence electrons. The number of aliphatic carboxylic acids is 1. The molecule has 0 saturated carbocycles. The normalized spacial score (nSPS) is 22.5. The van der Waals surface area contributed by atoms with Gasteiger partial charge in [0.25, 0.3) is 5.91 Å². The molecule has 8 nitrogen and oxygen atoms in total. The van der Waals surface area contributed by atoms with Crippen LogP contribution in [0.5, 0.6) is 0 Å². The van der Waals surface area contributed by atoms with Crippen LogP contribution in [-0.4, -0.2) is 54.2 Å². The number of amides is 2. The van der Waals surface area contributed by atoms with Crippen molar-refractivity contribution in [2.45, 2.75) is 51.4 Å². The van der Waals surface area contributed by atoms with Crippen molar-refractivity contribution in [2.75, 3.05) is 13.1 Å². The van der Waals surface area contributed by atoms with Gasteiger partial charge < -0.3 is 26.2 Å². The van der Waals surface area contributed by atoms with Crippen molar-refractivity contribution in [1.29, 1.82) is 0 Å². The molecule has 0 unspecified atom stereocenters. The van der Waals surface area contributed by atoms with Gasteiger partial charge in [0.1, 0.15) is 6.04 Å². The van der Waals surface area contributed by atoms with Crippen LogP contribution in [0, 0.1) is 5.92 Å². The number of carbonyl (C=O) groups is 3. The second-order valence-electron chi connectivity index (χ2n) is 5.47. The number of carboxylic acid groups (broad SMARTS) is 1. The molecule has 0 spiro atoms. The van der Waals surface area contributed by atoms with E-state index in [0.717, 1.165) is 12.8 Å². The lowest BCUT2D eigenvalue weighted by Crippen LogP contribution is -2.51. The predicted molar refractivity (Wildman–Crippen MR) is 79.0 cm³/mol. The number of hydrogen-bond acceptors (Lipinski definition) is 5. The first-order valence-corrected chi connectivity index (χ1v) is 7.58. The molecule has 2 amide bonds. The van der Waals surface area contributed by atoms with E-state index in [1.165, 1.54) is 0 Å². The minimum absolute atomic E-state index is 0.0690. The molecule has 0 bridgehead atoms. The molecule has 4 atom stereocenters. The first kappa shape index (κ1) is 18.4. The highest BCUT2D eigenvalue weighted by molar-refractivity contribution is 5.95. The van der Waals surface area contributed by atoms with Gasteiger partial charge in [-0.05, 0) is 25.3 Å². The molecular weight excluding hydrogens is 290 g/mol. The van der Waals surface area contributed by atoms with Gasteiger partial charge >= 0.3 is 5.97 Å². The molecular formula is C14H25N3O5. The summed E-state index contributed by atoms with van der Waals surface area (Å²) >= 11 is 0. The number of ether oxygens (including phenoxy) is 1. The van der Waals surface area contributed by atoms with Crippen LogP contribution in [0.25, 0.3) is 0 Å². The zero-order valence-electron chi connectivity index (χ0n) is 13.0. The van der Waals surface area contributed by atoms with Crippen molar-refractivity contribution in [1.82, 2.24) is 10.6 Å². The number of unbranched alkanes of at least 4 members (excludes halogenated alkanes) is 1. The number of hydrogen-bond donors (Lipinski definition) is 4. The lowest BCUT2D eigenvalue weighted by atomic mass is 9.98. The van der Waals surface area contributed by atoms with Gasteiger partial charge in [0, 0.05) is 6.54 Å². The zero-order valence-corrected chi connectivity index (χ0v) is 13.0. The van der Waals surface area contributed by atoms with Crippen molar-refractivity contribution >= 4 is 17.8 Å². The van der Waals surface area contributed by atoms with Crippen LogP contribution in [0.4, 0.5) is 0 Å². The van der Waals surface area contributed by atoms with Gasteiger partial charge in [-0.1, -0.05) is 20.3 Å². The SMILES string of the molecule is CC[C@H](C)[C@H](NC(=O)[C@H]1O[C@@H]1C(=O)O)C(=O)NCCCCN. The number of carbonyl (C=O) groups excluding carboxylic acids is 2. The average Bonchev–Trinajstić information content (AvgIpc) is 3.28. The van der Waals surface area contributed by atoms with Crippen LogP contribution in [-0.2, 0) is 19.1 Å². The fourth-order valence-corrected chi connectivity index (χ4v) is 2.03. The molecule has 1 saturated heterocycles. The third-order valence-corrected chi connectivity index (χ3v) is 3.72. The quantitative estimate of drug-likeness (QED) is 0.309. The first-order valence-electron chi connectivity index (χ1n) is 7.58. The Bertz CT molecular complexity index is 415. The monoisotopic (exact) mass is 315 g/mol. The van der Waals surface area contributed by atoms with E-state index in [2.05, 4.69) is 10.6 Å². The van der Waals surface area contributed by atoms with Gasteiger partial charge in [0.2, 0.25) is 5.91 Å². The van der Waals surface area contributed by atoms with E-state index < -0.39 is 30.1 Å². The van der Waals surface area contributed by atoms with E-state index in [-0.39, 0.29) is 11.8 Å². The Balaban J connectivity index is 2.52. The highest BCUT2D eigenvalue weighted by atomic mass is 16.6. The summed E-state index contributed by atoms with van der Waals surface area (Å²) in [5.74, 6) is -2.07. The largest absolute Gasteiger partial charge is 0.479 e. The number of epoxide rings is 1. The predicted octanol–water partition coefficient (Wildman–Crippen LogP) is -0.776. The van der Waals surface area contributed by atoms with Crippen molar-refractivity contribution in [2.24, 2.45) is 11.7 Å². The maximum absolute atomic E-state index is 12.2. The summed E-state index contributed by atoms with van der Waals surface area (Å²) in [4.78, 5) is 34.8. The Morgan fingerprint density at radius 1 is 1.27 bits per heavy atom. The van der Waals surface area contributed by atoms with Crippen LogP contribution in [0.1, 0.15) is 33.1 Å². The topological polar surface area (TPSA) is 134 Å². The Hall–Kier alpha value is -1.67. The smallest absolute Gasteiger partial charge is 0.336 e.